The van der Waals surface area contributed by atoms with Crippen molar-refractivity contribution in [1.82, 2.24) is 19.8 Å². The van der Waals surface area contributed by atoms with Gasteiger partial charge in [-0.1, -0.05) is 18.2 Å². The summed E-state index contributed by atoms with van der Waals surface area (Å²) in [5.41, 5.74) is 2.90. The fraction of sp³-hybridized carbons (Fsp3) is 0.333. The molecule has 0 aliphatic carbocycles. The molecule has 0 atom stereocenters. The average Bonchev–Trinajstić information content (AvgIpc) is 2.86. The maximum atomic E-state index is 14.0. The molecule has 1 saturated heterocycles. The molecule has 4 rings (SSSR count). The number of amides is 1. The van der Waals surface area contributed by atoms with Crippen molar-refractivity contribution in [1.29, 1.82) is 0 Å². The monoisotopic (exact) mass is 366 g/mol. The lowest BCUT2D eigenvalue weighted by Gasteiger charge is -2.22. The third-order valence-electron chi connectivity index (χ3n) is 5.26. The first-order valence-electron chi connectivity index (χ1n) is 9.31. The summed E-state index contributed by atoms with van der Waals surface area (Å²) in [4.78, 5) is 24.5. The Bertz CT molecular complexity index is 953. The van der Waals surface area contributed by atoms with Crippen molar-refractivity contribution in [3.05, 3.63) is 65.4 Å². The van der Waals surface area contributed by atoms with E-state index in [2.05, 4.69) is 20.9 Å². The van der Waals surface area contributed by atoms with Gasteiger partial charge in [0.1, 0.15) is 11.5 Å². The maximum absolute atomic E-state index is 14.0. The van der Waals surface area contributed by atoms with Gasteiger partial charge in [0, 0.05) is 50.5 Å². The minimum absolute atomic E-state index is 0.0497. The van der Waals surface area contributed by atoms with Crippen LogP contribution in [0.5, 0.6) is 0 Å². The van der Waals surface area contributed by atoms with Gasteiger partial charge in [0.15, 0.2) is 0 Å². The Hall–Kier alpha value is -2.73. The highest BCUT2D eigenvalue weighted by Gasteiger charge is 2.24. The molecule has 0 saturated carbocycles. The molecule has 5 nitrogen and oxygen atoms in total. The van der Waals surface area contributed by atoms with Crippen LogP contribution in [0.1, 0.15) is 28.0 Å². The topological polar surface area (TPSA) is 52.2 Å². The van der Waals surface area contributed by atoms with Crippen LogP contribution in [-0.2, 0) is 6.54 Å². The molecular weight excluding hydrogens is 343 g/mol. The standard InChI is InChI=1S/C21H23FN4O/c1-15-17-6-2-7-18(22)20(17)24-19(15)21(27)26-10-4-9-25(11-12-26)14-16-5-3-8-23-13-16/h2-3,5-8,13,24H,4,9-12,14H2,1H3. The normalized spacial score (nSPS) is 15.9. The first-order chi connectivity index (χ1) is 13.1. The molecule has 0 spiro atoms. The highest BCUT2D eigenvalue weighted by Crippen LogP contribution is 2.25. The van der Waals surface area contributed by atoms with E-state index in [4.69, 9.17) is 0 Å². The third kappa shape index (κ3) is 3.57. The van der Waals surface area contributed by atoms with E-state index < -0.39 is 0 Å². The molecule has 1 aliphatic heterocycles. The second-order valence-electron chi connectivity index (χ2n) is 7.07. The Morgan fingerprint density at radius 3 is 2.85 bits per heavy atom. The van der Waals surface area contributed by atoms with Crippen molar-refractivity contribution >= 4 is 16.8 Å². The number of fused-ring (bicyclic) bond motifs is 1. The van der Waals surface area contributed by atoms with Crippen molar-refractivity contribution < 1.29 is 9.18 Å². The zero-order valence-electron chi connectivity index (χ0n) is 15.4. The van der Waals surface area contributed by atoms with Gasteiger partial charge in [-0.15, -0.1) is 0 Å². The van der Waals surface area contributed by atoms with Crippen molar-refractivity contribution in [2.24, 2.45) is 0 Å². The molecule has 2 aromatic heterocycles. The molecule has 1 N–H and O–H groups in total. The van der Waals surface area contributed by atoms with E-state index in [1.807, 2.05) is 30.2 Å². The Morgan fingerprint density at radius 2 is 2.07 bits per heavy atom. The highest BCUT2D eigenvalue weighted by atomic mass is 19.1. The Morgan fingerprint density at radius 1 is 1.19 bits per heavy atom. The summed E-state index contributed by atoms with van der Waals surface area (Å²) in [5, 5.41) is 0.770. The molecule has 1 aliphatic rings. The van der Waals surface area contributed by atoms with E-state index in [-0.39, 0.29) is 11.7 Å². The van der Waals surface area contributed by atoms with Crippen molar-refractivity contribution in [2.45, 2.75) is 19.9 Å². The van der Waals surface area contributed by atoms with Gasteiger partial charge in [0.25, 0.3) is 5.91 Å². The molecule has 3 aromatic rings. The first kappa shape index (κ1) is 17.7. The number of para-hydroxylation sites is 1. The molecule has 140 valence electrons. The van der Waals surface area contributed by atoms with Crippen LogP contribution < -0.4 is 0 Å². The van der Waals surface area contributed by atoms with Crippen LogP contribution in [0, 0.1) is 12.7 Å². The molecule has 0 unspecified atom stereocenters. The number of aromatic amines is 1. The van der Waals surface area contributed by atoms with Gasteiger partial charge in [-0.25, -0.2) is 4.39 Å². The predicted molar refractivity (Wildman–Crippen MR) is 103 cm³/mol. The summed E-state index contributed by atoms with van der Waals surface area (Å²) in [6.07, 6.45) is 4.58. The van der Waals surface area contributed by atoms with Gasteiger partial charge in [0.2, 0.25) is 0 Å². The number of carbonyl (C=O) groups is 1. The molecule has 1 aromatic carbocycles. The number of halogens is 1. The van der Waals surface area contributed by atoms with Gasteiger partial charge in [-0.3, -0.25) is 14.7 Å². The number of H-pyrrole nitrogens is 1. The first-order valence-corrected chi connectivity index (χ1v) is 9.31. The van der Waals surface area contributed by atoms with E-state index in [0.29, 0.717) is 24.3 Å². The number of carbonyl (C=O) groups excluding carboxylic acids is 1. The smallest absolute Gasteiger partial charge is 0.270 e. The molecule has 6 heteroatoms. The quantitative estimate of drug-likeness (QED) is 0.773. The summed E-state index contributed by atoms with van der Waals surface area (Å²) in [6, 6.07) is 8.95. The number of aromatic nitrogens is 2. The van der Waals surface area contributed by atoms with Crippen LogP contribution in [0.15, 0.2) is 42.7 Å². The van der Waals surface area contributed by atoms with E-state index in [1.54, 1.807) is 12.3 Å². The largest absolute Gasteiger partial charge is 0.348 e. The molecule has 1 amide bonds. The fourth-order valence-corrected chi connectivity index (χ4v) is 3.77. The Labute approximate surface area is 157 Å². The molecule has 3 heterocycles. The lowest BCUT2D eigenvalue weighted by atomic mass is 10.1. The van der Waals surface area contributed by atoms with E-state index in [1.165, 1.54) is 11.6 Å². The van der Waals surface area contributed by atoms with E-state index >= 15 is 0 Å². The average molecular weight is 366 g/mol. The zero-order valence-corrected chi connectivity index (χ0v) is 15.4. The van der Waals surface area contributed by atoms with Crippen molar-refractivity contribution in [3.8, 4) is 0 Å². The minimum atomic E-state index is -0.326. The van der Waals surface area contributed by atoms with Crippen LogP contribution in [0.2, 0.25) is 0 Å². The van der Waals surface area contributed by atoms with E-state index in [9.17, 15) is 9.18 Å². The van der Waals surface area contributed by atoms with Gasteiger partial charge in [-0.2, -0.15) is 0 Å². The van der Waals surface area contributed by atoms with Crippen LogP contribution >= 0.6 is 0 Å². The predicted octanol–water partition coefficient (Wildman–Crippen LogP) is 3.36. The number of benzene rings is 1. The van der Waals surface area contributed by atoms with Crippen molar-refractivity contribution in [2.75, 3.05) is 26.2 Å². The van der Waals surface area contributed by atoms with Gasteiger partial charge < -0.3 is 9.88 Å². The lowest BCUT2D eigenvalue weighted by molar-refractivity contribution is 0.0755. The van der Waals surface area contributed by atoms with Gasteiger partial charge >= 0.3 is 0 Å². The summed E-state index contributed by atoms with van der Waals surface area (Å²) in [7, 11) is 0. The fourth-order valence-electron chi connectivity index (χ4n) is 3.77. The number of hydrogen-bond acceptors (Lipinski definition) is 3. The number of nitrogens with zero attached hydrogens (tertiary/aromatic N) is 3. The highest BCUT2D eigenvalue weighted by molar-refractivity contribution is 6.01. The molecule has 0 bridgehead atoms. The Kier molecular flexibility index (Phi) is 4.90. The summed E-state index contributed by atoms with van der Waals surface area (Å²) in [6.45, 7) is 5.84. The second kappa shape index (κ2) is 7.48. The number of nitrogens with one attached hydrogen (secondary N) is 1. The SMILES string of the molecule is Cc1c(C(=O)N2CCCN(Cc3cccnc3)CC2)[nH]c2c(F)cccc12. The molecule has 27 heavy (non-hydrogen) atoms. The summed E-state index contributed by atoms with van der Waals surface area (Å²) >= 11 is 0. The third-order valence-corrected chi connectivity index (χ3v) is 5.26. The number of hydrogen-bond donors (Lipinski definition) is 1. The number of aryl methyl sites for hydroxylation is 1. The zero-order chi connectivity index (χ0) is 18.8. The van der Waals surface area contributed by atoms with Crippen molar-refractivity contribution in [3.63, 3.8) is 0 Å². The molecular formula is C21H23FN4O. The van der Waals surface area contributed by atoms with Crippen LogP contribution in [-0.4, -0.2) is 51.9 Å². The lowest BCUT2D eigenvalue weighted by Crippen LogP contribution is -2.35. The minimum Gasteiger partial charge on any atom is -0.348 e. The Balaban J connectivity index is 1.48. The second-order valence-corrected chi connectivity index (χ2v) is 7.07. The summed E-state index contributed by atoms with van der Waals surface area (Å²) in [5.74, 6) is -0.375. The molecule has 1 fully saturated rings. The van der Waals surface area contributed by atoms with Crippen LogP contribution in [0.3, 0.4) is 0 Å². The van der Waals surface area contributed by atoms with Crippen LogP contribution in [0.4, 0.5) is 4.39 Å². The van der Waals surface area contributed by atoms with Gasteiger partial charge in [-0.05, 0) is 36.6 Å². The molecule has 0 radical (unpaired) electrons. The number of rotatable bonds is 3. The van der Waals surface area contributed by atoms with Crippen LogP contribution in [0.25, 0.3) is 10.9 Å². The number of pyridine rings is 1. The van der Waals surface area contributed by atoms with Gasteiger partial charge in [0.05, 0.1) is 5.52 Å². The summed E-state index contributed by atoms with van der Waals surface area (Å²) < 4.78 is 14.0. The van der Waals surface area contributed by atoms with E-state index in [0.717, 1.165) is 37.0 Å². The maximum Gasteiger partial charge on any atom is 0.270 e.